The third-order valence-corrected chi connectivity index (χ3v) is 5.93. The number of hydrogen-bond acceptors (Lipinski definition) is 3. The zero-order valence-electron chi connectivity index (χ0n) is 18.0. The van der Waals surface area contributed by atoms with Crippen LogP contribution >= 0.6 is 0 Å². The van der Waals surface area contributed by atoms with E-state index in [0.29, 0.717) is 23.3 Å². The van der Waals surface area contributed by atoms with Gasteiger partial charge in [0.2, 0.25) is 5.91 Å². The molecular weight excluding hydrogens is 374 g/mol. The molecule has 30 heavy (non-hydrogen) atoms. The van der Waals surface area contributed by atoms with Crippen molar-refractivity contribution >= 4 is 16.8 Å². The Bertz CT molecular complexity index is 1130. The van der Waals surface area contributed by atoms with Gasteiger partial charge in [-0.15, -0.1) is 0 Å². The Balaban J connectivity index is 1.95. The molecule has 0 aliphatic heterocycles. The van der Waals surface area contributed by atoms with E-state index in [1.807, 2.05) is 60.4 Å². The van der Waals surface area contributed by atoms with E-state index >= 15 is 0 Å². The average Bonchev–Trinajstić information content (AvgIpc) is 3.62. The van der Waals surface area contributed by atoms with Crippen LogP contribution in [0.3, 0.4) is 0 Å². The Labute approximate surface area is 177 Å². The van der Waals surface area contributed by atoms with Gasteiger partial charge in [-0.2, -0.15) is 0 Å². The van der Waals surface area contributed by atoms with Gasteiger partial charge in [0, 0.05) is 12.5 Å². The van der Waals surface area contributed by atoms with Crippen molar-refractivity contribution in [3.63, 3.8) is 0 Å². The molecule has 1 aliphatic carbocycles. The molecule has 1 fully saturated rings. The Morgan fingerprint density at radius 2 is 1.83 bits per heavy atom. The van der Waals surface area contributed by atoms with Gasteiger partial charge in [0.25, 0.3) is 5.56 Å². The van der Waals surface area contributed by atoms with Crippen molar-refractivity contribution in [3.05, 3.63) is 70.3 Å². The molecule has 1 unspecified atom stereocenters. The lowest BCUT2D eigenvalue weighted by molar-refractivity contribution is -0.135. The third-order valence-electron chi connectivity index (χ3n) is 5.93. The van der Waals surface area contributed by atoms with Gasteiger partial charge in [0.05, 0.1) is 22.6 Å². The molecule has 3 aromatic rings. The first-order valence-electron chi connectivity index (χ1n) is 11.0. The van der Waals surface area contributed by atoms with Crippen LogP contribution in [0, 0.1) is 5.92 Å². The second-order valence-electron chi connectivity index (χ2n) is 8.09. The molecular formula is C25H29N3O2. The predicted molar refractivity (Wildman–Crippen MR) is 120 cm³/mol. The van der Waals surface area contributed by atoms with Gasteiger partial charge in [0.1, 0.15) is 5.82 Å². The summed E-state index contributed by atoms with van der Waals surface area (Å²) in [4.78, 5) is 33.5. The molecule has 1 amide bonds. The molecule has 0 saturated heterocycles. The van der Waals surface area contributed by atoms with Crippen molar-refractivity contribution in [1.82, 2.24) is 14.5 Å². The summed E-state index contributed by atoms with van der Waals surface area (Å²) in [5.41, 5.74) is 2.52. The molecule has 0 radical (unpaired) electrons. The summed E-state index contributed by atoms with van der Waals surface area (Å²) in [7, 11) is 0. The van der Waals surface area contributed by atoms with E-state index in [2.05, 4.69) is 13.8 Å². The molecule has 5 nitrogen and oxygen atoms in total. The maximum absolute atomic E-state index is 13.6. The highest BCUT2D eigenvalue weighted by Gasteiger charge is 2.36. The number of para-hydroxylation sites is 2. The van der Waals surface area contributed by atoms with Crippen molar-refractivity contribution in [2.24, 2.45) is 5.92 Å². The molecule has 156 valence electrons. The smallest absolute Gasteiger partial charge is 0.266 e. The number of hydrogen-bond donors (Lipinski definition) is 0. The van der Waals surface area contributed by atoms with E-state index < -0.39 is 0 Å². The quantitative estimate of drug-likeness (QED) is 0.577. The first-order chi connectivity index (χ1) is 14.6. The number of aromatic nitrogens is 2. The minimum atomic E-state index is -0.291. The molecule has 1 heterocycles. The van der Waals surface area contributed by atoms with E-state index in [-0.39, 0.29) is 23.4 Å². The standard InChI is InChI=1S/C25H29N3O2/c1-4-16-27(24(29)19-14-15-19)17(3)23-26-21-12-8-7-11-20(21)25(30)28(23)22-13-9-6-10-18(22)5-2/h6-13,17,19H,4-5,14-16H2,1-3H3. The number of aryl methyl sites for hydroxylation is 1. The molecule has 1 saturated carbocycles. The fraction of sp³-hybridized carbons (Fsp3) is 0.400. The maximum Gasteiger partial charge on any atom is 0.266 e. The van der Waals surface area contributed by atoms with E-state index in [1.165, 1.54) is 0 Å². The van der Waals surface area contributed by atoms with Crippen LogP contribution in [-0.4, -0.2) is 26.9 Å². The highest BCUT2D eigenvalue weighted by atomic mass is 16.2. The minimum absolute atomic E-state index is 0.0846. The molecule has 0 N–H and O–H groups in total. The number of carbonyl (C=O) groups is 1. The van der Waals surface area contributed by atoms with Crippen molar-refractivity contribution in [2.75, 3.05) is 6.54 Å². The molecule has 0 spiro atoms. The molecule has 1 aromatic heterocycles. The monoisotopic (exact) mass is 403 g/mol. The lowest BCUT2D eigenvalue weighted by atomic mass is 10.1. The van der Waals surface area contributed by atoms with Crippen LogP contribution in [0.25, 0.3) is 16.6 Å². The summed E-state index contributed by atoms with van der Waals surface area (Å²) in [5, 5.41) is 0.593. The second kappa shape index (κ2) is 8.42. The number of amides is 1. The van der Waals surface area contributed by atoms with E-state index in [9.17, 15) is 9.59 Å². The van der Waals surface area contributed by atoms with Crippen molar-refractivity contribution in [1.29, 1.82) is 0 Å². The van der Waals surface area contributed by atoms with Crippen LogP contribution in [0.15, 0.2) is 53.3 Å². The summed E-state index contributed by atoms with van der Waals surface area (Å²) in [6, 6.07) is 15.1. The number of nitrogens with zero attached hydrogens (tertiary/aromatic N) is 3. The zero-order valence-corrected chi connectivity index (χ0v) is 18.0. The normalized spacial score (nSPS) is 14.6. The Morgan fingerprint density at radius 1 is 1.13 bits per heavy atom. The Morgan fingerprint density at radius 3 is 2.53 bits per heavy atom. The lowest BCUT2D eigenvalue weighted by Gasteiger charge is -2.31. The van der Waals surface area contributed by atoms with Gasteiger partial charge in [-0.1, -0.05) is 44.2 Å². The number of rotatable bonds is 7. The maximum atomic E-state index is 13.6. The fourth-order valence-electron chi connectivity index (χ4n) is 4.13. The van der Waals surface area contributed by atoms with Gasteiger partial charge >= 0.3 is 0 Å². The number of fused-ring (bicyclic) bond motifs is 1. The largest absolute Gasteiger partial charge is 0.333 e. The lowest BCUT2D eigenvalue weighted by Crippen LogP contribution is -2.38. The van der Waals surface area contributed by atoms with Gasteiger partial charge < -0.3 is 4.90 Å². The number of benzene rings is 2. The summed E-state index contributed by atoms with van der Waals surface area (Å²) >= 11 is 0. The molecule has 1 atom stereocenters. The van der Waals surface area contributed by atoms with Crippen LogP contribution in [0.4, 0.5) is 0 Å². The molecule has 2 aromatic carbocycles. The summed E-state index contributed by atoms with van der Waals surface area (Å²) in [6.45, 7) is 6.82. The molecule has 4 rings (SSSR count). The van der Waals surface area contributed by atoms with Gasteiger partial charge in [0.15, 0.2) is 0 Å². The van der Waals surface area contributed by atoms with E-state index in [4.69, 9.17) is 4.98 Å². The van der Waals surface area contributed by atoms with Crippen LogP contribution < -0.4 is 5.56 Å². The molecule has 1 aliphatic rings. The van der Waals surface area contributed by atoms with E-state index in [1.54, 1.807) is 4.57 Å². The SMILES string of the molecule is CCCN(C(=O)C1CC1)C(C)c1nc2ccccc2c(=O)n1-c1ccccc1CC. The molecule has 0 bridgehead atoms. The van der Waals surface area contributed by atoms with Crippen LogP contribution in [-0.2, 0) is 11.2 Å². The van der Waals surface area contributed by atoms with Gasteiger partial charge in [-0.25, -0.2) is 4.98 Å². The highest BCUT2D eigenvalue weighted by molar-refractivity contribution is 5.82. The summed E-state index contributed by atoms with van der Waals surface area (Å²) < 4.78 is 1.73. The van der Waals surface area contributed by atoms with Crippen LogP contribution in [0.2, 0.25) is 0 Å². The van der Waals surface area contributed by atoms with Gasteiger partial charge in [-0.3, -0.25) is 14.2 Å². The topological polar surface area (TPSA) is 55.2 Å². The van der Waals surface area contributed by atoms with Crippen molar-refractivity contribution in [3.8, 4) is 5.69 Å². The highest BCUT2D eigenvalue weighted by Crippen LogP contribution is 2.34. The second-order valence-corrected chi connectivity index (χ2v) is 8.09. The first kappa shape index (κ1) is 20.3. The minimum Gasteiger partial charge on any atom is -0.333 e. The number of carbonyl (C=O) groups excluding carboxylic acids is 1. The van der Waals surface area contributed by atoms with Crippen LogP contribution in [0.5, 0.6) is 0 Å². The van der Waals surface area contributed by atoms with Crippen molar-refractivity contribution in [2.45, 2.75) is 52.5 Å². The summed E-state index contributed by atoms with van der Waals surface area (Å²) in [5.74, 6) is 0.937. The summed E-state index contributed by atoms with van der Waals surface area (Å²) in [6.07, 6.45) is 3.60. The Kier molecular flexibility index (Phi) is 5.71. The Hall–Kier alpha value is -2.95. The van der Waals surface area contributed by atoms with Crippen LogP contribution in [0.1, 0.15) is 57.5 Å². The van der Waals surface area contributed by atoms with Gasteiger partial charge in [-0.05, 0) is 56.4 Å². The third kappa shape index (κ3) is 3.64. The van der Waals surface area contributed by atoms with E-state index in [0.717, 1.165) is 36.9 Å². The molecule has 5 heteroatoms. The zero-order chi connectivity index (χ0) is 21.3. The average molecular weight is 404 g/mol. The first-order valence-corrected chi connectivity index (χ1v) is 11.0. The fourth-order valence-corrected chi connectivity index (χ4v) is 4.13. The predicted octanol–water partition coefficient (Wildman–Crippen LogP) is 4.66. The van der Waals surface area contributed by atoms with Crippen molar-refractivity contribution < 1.29 is 4.79 Å².